The SMILES string of the molecule is CC12CCC3c4cc([N+]#N)c(O)cc4CCC3C1CCC2=O. The van der Waals surface area contributed by atoms with Crippen molar-refractivity contribution in [2.24, 2.45) is 17.3 Å². The van der Waals surface area contributed by atoms with Crippen LogP contribution in [0, 0.1) is 22.6 Å². The van der Waals surface area contributed by atoms with Crippen LogP contribution in [0.15, 0.2) is 12.1 Å². The first-order valence-corrected chi connectivity index (χ1v) is 8.29. The zero-order chi connectivity index (χ0) is 15.5. The van der Waals surface area contributed by atoms with E-state index in [1.54, 1.807) is 6.07 Å². The summed E-state index contributed by atoms with van der Waals surface area (Å²) in [7, 11) is 0. The number of benzene rings is 1. The molecule has 4 atom stereocenters. The van der Waals surface area contributed by atoms with Crippen LogP contribution in [-0.2, 0) is 11.2 Å². The van der Waals surface area contributed by atoms with Crippen molar-refractivity contribution in [2.45, 2.75) is 51.4 Å². The number of fused-ring (bicyclic) bond motifs is 5. The largest absolute Gasteiger partial charge is 0.501 e. The van der Waals surface area contributed by atoms with Crippen LogP contribution in [0.5, 0.6) is 5.75 Å². The van der Waals surface area contributed by atoms with E-state index in [0.717, 1.165) is 38.5 Å². The number of phenols is 1. The monoisotopic (exact) mass is 297 g/mol. The Morgan fingerprint density at radius 2 is 2.09 bits per heavy atom. The second-order valence-corrected chi connectivity index (χ2v) is 7.47. The Morgan fingerprint density at radius 3 is 2.86 bits per heavy atom. The molecule has 0 radical (unpaired) electrons. The molecule has 4 unspecified atom stereocenters. The number of Topliss-reactive ketones (excluding diaryl/α,β-unsaturated/α-hetero) is 1. The lowest BCUT2D eigenvalue weighted by atomic mass is 9.55. The fraction of sp³-hybridized carbons (Fsp3) is 0.611. The van der Waals surface area contributed by atoms with Crippen molar-refractivity contribution < 1.29 is 9.90 Å². The van der Waals surface area contributed by atoms with E-state index in [1.165, 1.54) is 11.1 Å². The van der Waals surface area contributed by atoms with Crippen LogP contribution in [0.4, 0.5) is 5.69 Å². The van der Waals surface area contributed by atoms with Crippen LogP contribution < -0.4 is 0 Å². The van der Waals surface area contributed by atoms with Gasteiger partial charge < -0.3 is 5.11 Å². The molecule has 22 heavy (non-hydrogen) atoms. The van der Waals surface area contributed by atoms with Crippen molar-refractivity contribution in [3.05, 3.63) is 28.2 Å². The van der Waals surface area contributed by atoms with Crippen LogP contribution in [0.25, 0.3) is 4.98 Å². The van der Waals surface area contributed by atoms with E-state index >= 15 is 0 Å². The number of ketones is 1. The Kier molecular flexibility index (Phi) is 2.84. The Morgan fingerprint density at radius 1 is 1.27 bits per heavy atom. The summed E-state index contributed by atoms with van der Waals surface area (Å²) in [6.45, 7) is 2.17. The van der Waals surface area contributed by atoms with Gasteiger partial charge in [-0.1, -0.05) is 6.92 Å². The summed E-state index contributed by atoms with van der Waals surface area (Å²) in [5, 5.41) is 19.0. The van der Waals surface area contributed by atoms with Crippen LogP contribution in [-0.4, -0.2) is 10.9 Å². The predicted molar refractivity (Wildman–Crippen MR) is 82.5 cm³/mol. The van der Waals surface area contributed by atoms with E-state index in [1.807, 2.05) is 6.07 Å². The zero-order valence-corrected chi connectivity index (χ0v) is 12.9. The standard InChI is InChI=1S/C18H20N2O2/c1-18-7-6-11-12(14(18)4-5-17(18)22)3-2-10-8-16(21)15(20-19)9-13(10)11/h8-9,11-12,14H,2-7H2,1H3/p+1. The molecule has 3 aliphatic rings. The third-order valence-corrected chi connectivity index (χ3v) is 6.64. The Balaban J connectivity index is 1.76. The normalized spacial score (nSPS) is 36.2. The van der Waals surface area contributed by atoms with Gasteiger partial charge >= 0.3 is 5.69 Å². The number of diazo groups is 1. The van der Waals surface area contributed by atoms with Crippen molar-refractivity contribution in [1.82, 2.24) is 0 Å². The minimum absolute atomic E-state index is 0.0522. The van der Waals surface area contributed by atoms with Gasteiger partial charge in [-0.25, -0.2) is 0 Å². The minimum atomic E-state index is -0.111. The Labute approximate surface area is 130 Å². The average Bonchev–Trinajstić information content (AvgIpc) is 2.82. The summed E-state index contributed by atoms with van der Waals surface area (Å²) in [5.41, 5.74) is 2.55. The summed E-state index contributed by atoms with van der Waals surface area (Å²) in [6, 6.07) is 3.61. The highest BCUT2D eigenvalue weighted by Gasteiger charge is 2.54. The van der Waals surface area contributed by atoms with Crippen LogP contribution in [0.1, 0.15) is 56.1 Å². The van der Waals surface area contributed by atoms with Gasteiger partial charge in [0, 0.05) is 17.9 Å². The lowest BCUT2D eigenvalue weighted by Gasteiger charge is -2.48. The molecule has 2 fully saturated rings. The van der Waals surface area contributed by atoms with Crippen LogP contribution in [0.2, 0.25) is 0 Å². The lowest BCUT2D eigenvalue weighted by molar-refractivity contribution is -0.129. The fourth-order valence-electron chi connectivity index (χ4n) is 5.45. The molecular formula is C18H21N2O2+. The summed E-state index contributed by atoms with van der Waals surface area (Å²) in [6.07, 6.45) is 5.79. The first-order valence-electron chi connectivity index (χ1n) is 8.29. The number of nitrogens with zero attached hydrogens (tertiary/aromatic N) is 2. The van der Waals surface area contributed by atoms with E-state index < -0.39 is 0 Å². The highest BCUT2D eigenvalue weighted by atomic mass is 16.3. The smallest absolute Gasteiger partial charge is 0.426 e. The summed E-state index contributed by atoms with van der Waals surface area (Å²) >= 11 is 0. The molecule has 0 bridgehead atoms. The first kappa shape index (κ1) is 13.8. The molecule has 3 aliphatic carbocycles. The molecule has 0 amide bonds. The third kappa shape index (κ3) is 1.68. The zero-order valence-electron chi connectivity index (χ0n) is 12.9. The molecule has 1 N–H and O–H groups in total. The summed E-state index contributed by atoms with van der Waals surface area (Å²) in [5.74, 6) is 1.99. The van der Waals surface area contributed by atoms with Gasteiger partial charge in [0.15, 0.2) is 4.98 Å². The van der Waals surface area contributed by atoms with Gasteiger partial charge in [0.2, 0.25) is 11.1 Å². The number of aromatic hydroxyl groups is 1. The molecule has 114 valence electrons. The van der Waals surface area contributed by atoms with Crippen molar-refractivity contribution in [3.8, 4) is 5.75 Å². The highest BCUT2D eigenvalue weighted by molar-refractivity contribution is 5.87. The van der Waals surface area contributed by atoms with Crippen molar-refractivity contribution in [3.63, 3.8) is 0 Å². The molecule has 4 rings (SSSR count). The molecule has 0 aliphatic heterocycles. The summed E-state index contributed by atoms with van der Waals surface area (Å²) in [4.78, 5) is 15.5. The van der Waals surface area contributed by atoms with Gasteiger partial charge in [0.1, 0.15) is 5.78 Å². The molecular weight excluding hydrogens is 276 g/mol. The van der Waals surface area contributed by atoms with Gasteiger partial charge in [-0.05, 0) is 67.1 Å². The highest BCUT2D eigenvalue weighted by Crippen LogP contribution is 2.60. The molecule has 4 nitrogen and oxygen atoms in total. The third-order valence-electron chi connectivity index (χ3n) is 6.64. The van der Waals surface area contributed by atoms with Gasteiger partial charge in [0.05, 0.1) is 0 Å². The number of carbonyl (C=O) groups excluding carboxylic acids is 1. The molecule has 0 spiro atoms. The number of carbonyl (C=O) groups is 1. The first-order chi connectivity index (χ1) is 10.5. The van der Waals surface area contributed by atoms with E-state index in [9.17, 15) is 9.90 Å². The molecule has 4 heteroatoms. The van der Waals surface area contributed by atoms with Gasteiger partial charge in [-0.15, -0.1) is 0 Å². The molecule has 1 aromatic carbocycles. The van der Waals surface area contributed by atoms with E-state index in [4.69, 9.17) is 5.39 Å². The Hall–Kier alpha value is -1.89. The maximum absolute atomic E-state index is 12.3. The van der Waals surface area contributed by atoms with E-state index in [-0.39, 0.29) is 16.9 Å². The maximum atomic E-state index is 12.3. The fourth-order valence-corrected chi connectivity index (χ4v) is 5.45. The van der Waals surface area contributed by atoms with Crippen molar-refractivity contribution in [1.29, 1.82) is 5.39 Å². The number of rotatable bonds is 0. The maximum Gasteiger partial charge on any atom is 0.426 e. The number of aryl methyl sites for hydroxylation is 1. The molecule has 0 saturated heterocycles. The van der Waals surface area contributed by atoms with Crippen LogP contribution >= 0.6 is 0 Å². The lowest BCUT2D eigenvalue weighted by Crippen LogP contribution is -2.42. The molecule has 2 saturated carbocycles. The number of hydrogen-bond acceptors (Lipinski definition) is 3. The number of hydrogen-bond donors (Lipinski definition) is 1. The second-order valence-electron chi connectivity index (χ2n) is 7.47. The van der Waals surface area contributed by atoms with Crippen molar-refractivity contribution in [2.75, 3.05) is 0 Å². The van der Waals surface area contributed by atoms with Crippen molar-refractivity contribution >= 4 is 11.5 Å². The second kappa shape index (κ2) is 4.55. The minimum Gasteiger partial charge on any atom is -0.501 e. The number of phenolic OH excluding ortho intramolecular Hbond substituents is 1. The topological polar surface area (TPSA) is 65.4 Å². The van der Waals surface area contributed by atoms with Gasteiger partial charge in [-0.3, -0.25) is 4.79 Å². The van der Waals surface area contributed by atoms with E-state index in [2.05, 4.69) is 11.9 Å². The molecule has 0 heterocycles. The quantitative estimate of drug-likeness (QED) is 0.726. The average molecular weight is 297 g/mol. The predicted octanol–water partition coefficient (Wildman–Crippen LogP) is 4.30. The molecule has 1 aromatic rings. The van der Waals surface area contributed by atoms with Gasteiger partial charge in [-0.2, -0.15) is 0 Å². The Bertz CT molecular complexity index is 706. The molecule has 0 aromatic heterocycles. The van der Waals surface area contributed by atoms with Gasteiger partial charge in [0.25, 0.3) is 0 Å². The summed E-state index contributed by atoms with van der Waals surface area (Å²) < 4.78 is 0. The van der Waals surface area contributed by atoms with Crippen LogP contribution in [0.3, 0.4) is 0 Å². The van der Waals surface area contributed by atoms with E-state index in [0.29, 0.717) is 23.5 Å².